The lowest BCUT2D eigenvalue weighted by atomic mass is 9.99. The van der Waals surface area contributed by atoms with Crippen molar-refractivity contribution in [2.45, 2.75) is 30.7 Å². The summed E-state index contributed by atoms with van der Waals surface area (Å²) in [7, 11) is 0. The summed E-state index contributed by atoms with van der Waals surface area (Å²) in [5, 5.41) is 78.7. The fourth-order valence-electron chi connectivity index (χ4n) is 3.51. The van der Waals surface area contributed by atoms with E-state index in [9.17, 15) is 45.6 Å². The molecule has 0 unspecified atom stereocenters. The van der Waals surface area contributed by atoms with E-state index >= 15 is 0 Å². The van der Waals surface area contributed by atoms with Gasteiger partial charge in [0, 0.05) is 17.7 Å². The third-order valence-electron chi connectivity index (χ3n) is 5.24. The Hall–Kier alpha value is -3.55. The number of hydrogen-bond acceptors (Lipinski definition) is 12. The van der Waals surface area contributed by atoms with E-state index in [0.717, 1.165) is 24.3 Å². The maximum atomic E-state index is 13.2. The monoisotopic (exact) mass is 464 g/mol. The minimum absolute atomic E-state index is 0.0201. The number of hydrogen-bond donors (Lipinski definition) is 8. The summed E-state index contributed by atoms with van der Waals surface area (Å²) in [6.07, 6.45) is -8.40. The van der Waals surface area contributed by atoms with Crippen molar-refractivity contribution in [2.75, 3.05) is 6.61 Å². The zero-order valence-corrected chi connectivity index (χ0v) is 16.7. The molecule has 1 aliphatic heterocycles. The van der Waals surface area contributed by atoms with Gasteiger partial charge in [0.2, 0.25) is 17.5 Å². The zero-order valence-electron chi connectivity index (χ0n) is 16.7. The predicted octanol–water partition coefficient (Wildman–Crippen LogP) is -0.539. The van der Waals surface area contributed by atoms with Crippen molar-refractivity contribution in [3.63, 3.8) is 0 Å². The standard InChI is InChI=1S/C21H20O12/c22-6-13-15(27)17(29)18(30)21(32-13)33-20-16(28)14-11(26)4-8(23)5-12(14)31-19(20)7-1-2-9(24)10(25)3-7/h1-5,13,15,17-18,21-27,29-30H,6H2/t13-,15+,17-,18+,21-/m1/s1. The van der Waals surface area contributed by atoms with Crippen molar-refractivity contribution in [3.05, 3.63) is 40.6 Å². The van der Waals surface area contributed by atoms with E-state index in [-0.39, 0.29) is 22.3 Å². The second-order valence-electron chi connectivity index (χ2n) is 7.45. The maximum Gasteiger partial charge on any atom is 0.239 e. The Balaban J connectivity index is 1.91. The van der Waals surface area contributed by atoms with E-state index in [1.54, 1.807) is 0 Å². The topological polar surface area (TPSA) is 211 Å². The molecule has 0 amide bonds. The molecule has 0 spiro atoms. The van der Waals surface area contributed by atoms with Gasteiger partial charge < -0.3 is 54.7 Å². The van der Waals surface area contributed by atoms with Gasteiger partial charge in [-0.05, 0) is 18.2 Å². The number of ether oxygens (including phenoxy) is 2. The molecule has 0 bridgehead atoms. The highest BCUT2D eigenvalue weighted by Gasteiger charge is 2.45. The van der Waals surface area contributed by atoms with Gasteiger partial charge in [-0.2, -0.15) is 0 Å². The van der Waals surface area contributed by atoms with Gasteiger partial charge >= 0.3 is 0 Å². The summed E-state index contributed by atoms with van der Waals surface area (Å²) in [5.74, 6) is -3.05. The Morgan fingerprint density at radius 1 is 0.879 bits per heavy atom. The molecule has 0 aliphatic carbocycles. The van der Waals surface area contributed by atoms with Gasteiger partial charge in [-0.1, -0.05) is 0 Å². The highest BCUT2D eigenvalue weighted by atomic mass is 16.7. The van der Waals surface area contributed by atoms with Crippen molar-refractivity contribution in [1.82, 2.24) is 0 Å². The lowest BCUT2D eigenvalue weighted by Gasteiger charge is -2.39. The van der Waals surface area contributed by atoms with E-state index in [2.05, 4.69) is 0 Å². The zero-order chi connectivity index (χ0) is 24.0. The summed E-state index contributed by atoms with van der Waals surface area (Å²) in [6, 6.07) is 5.36. The molecular weight excluding hydrogens is 444 g/mol. The van der Waals surface area contributed by atoms with Gasteiger partial charge in [-0.3, -0.25) is 4.79 Å². The molecule has 1 aromatic heterocycles. The fourth-order valence-corrected chi connectivity index (χ4v) is 3.51. The van der Waals surface area contributed by atoms with E-state index < -0.39 is 71.5 Å². The number of aliphatic hydroxyl groups excluding tert-OH is 4. The molecule has 12 nitrogen and oxygen atoms in total. The molecule has 1 saturated heterocycles. The van der Waals surface area contributed by atoms with Crippen LogP contribution in [0.25, 0.3) is 22.3 Å². The largest absolute Gasteiger partial charge is 0.508 e. The Bertz CT molecular complexity index is 1250. The van der Waals surface area contributed by atoms with Crippen LogP contribution in [0, 0.1) is 0 Å². The number of aromatic hydroxyl groups is 4. The molecule has 0 saturated carbocycles. The SMILES string of the molecule is O=c1c(O[C@H]2O[C@H](CO)[C@H](O)[C@@H](O)[C@@H]2O)c(-c2ccc(O)c(O)c2)oc2cc(O)cc(O)c12. The van der Waals surface area contributed by atoms with Gasteiger partial charge in [0.1, 0.15) is 46.9 Å². The molecule has 0 radical (unpaired) electrons. The van der Waals surface area contributed by atoms with Crippen LogP contribution in [0.2, 0.25) is 0 Å². The number of phenols is 4. The molecule has 176 valence electrons. The van der Waals surface area contributed by atoms with Gasteiger partial charge in [0.25, 0.3) is 0 Å². The molecule has 1 aliphatic rings. The maximum absolute atomic E-state index is 13.2. The molecule has 12 heteroatoms. The summed E-state index contributed by atoms with van der Waals surface area (Å²) >= 11 is 0. The van der Waals surface area contributed by atoms with Gasteiger partial charge in [0.15, 0.2) is 17.3 Å². The van der Waals surface area contributed by atoms with Crippen LogP contribution < -0.4 is 10.2 Å². The first kappa shape index (κ1) is 22.6. The smallest absolute Gasteiger partial charge is 0.239 e. The number of benzene rings is 2. The van der Waals surface area contributed by atoms with Gasteiger partial charge in [-0.25, -0.2) is 0 Å². The predicted molar refractivity (Wildman–Crippen MR) is 109 cm³/mol. The quantitative estimate of drug-likeness (QED) is 0.229. The van der Waals surface area contributed by atoms with Gasteiger partial charge in [-0.15, -0.1) is 0 Å². The van der Waals surface area contributed by atoms with Crippen LogP contribution in [-0.2, 0) is 4.74 Å². The first-order chi connectivity index (χ1) is 15.6. The Morgan fingerprint density at radius 2 is 1.61 bits per heavy atom. The van der Waals surface area contributed by atoms with E-state index in [1.165, 1.54) is 6.07 Å². The van der Waals surface area contributed by atoms with Crippen molar-refractivity contribution in [3.8, 4) is 40.1 Å². The van der Waals surface area contributed by atoms with Crippen LogP contribution in [-0.4, -0.2) is 78.2 Å². The molecular formula is C21H20O12. The number of fused-ring (bicyclic) bond motifs is 1. The third kappa shape index (κ3) is 3.90. The van der Waals surface area contributed by atoms with Crippen LogP contribution in [0.1, 0.15) is 0 Å². The third-order valence-corrected chi connectivity index (χ3v) is 5.24. The molecule has 5 atom stereocenters. The number of phenolic OH excluding ortho intramolecular Hbond substituents is 4. The lowest BCUT2D eigenvalue weighted by Crippen LogP contribution is -2.60. The summed E-state index contributed by atoms with van der Waals surface area (Å²) in [6.45, 7) is -0.740. The second kappa shape index (κ2) is 8.42. The Labute approximate surface area is 184 Å². The van der Waals surface area contributed by atoms with Crippen molar-refractivity contribution in [2.24, 2.45) is 0 Å². The molecule has 33 heavy (non-hydrogen) atoms. The van der Waals surface area contributed by atoms with E-state index in [4.69, 9.17) is 13.9 Å². The first-order valence-electron chi connectivity index (χ1n) is 9.64. The lowest BCUT2D eigenvalue weighted by molar-refractivity contribution is -0.277. The molecule has 1 fully saturated rings. The minimum atomic E-state index is -1.85. The number of aliphatic hydroxyl groups is 4. The van der Waals surface area contributed by atoms with Crippen LogP contribution in [0.5, 0.6) is 28.7 Å². The number of rotatable bonds is 4. The van der Waals surface area contributed by atoms with Crippen LogP contribution in [0.15, 0.2) is 39.5 Å². The van der Waals surface area contributed by atoms with Crippen LogP contribution in [0.3, 0.4) is 0 Å². The van der Waals surface area contributed by atoms with Crippen LogP contribution >= 0.6 is 0 Å². The van der Waals surface area contributed by atoms with Crippen molar-refractivity contribution < 1.29 is 54.7 Å². The highest BCUT2D eigenvalue weighted by Crippen LogP contribution is 2.39. The van der Waals surface area contributed by atoms with Gasteiger partial charge in [0.05, 0.1) is 6.61 Å². The highest BCUT2D eigenvalue weighted by molar-refractivity contribution is 5.88. The average Bonchev–Trinajstić information content (AvgIpc) is 2.76. The van der Waals surface area contributed by atoms with E-state index in [1.807, 2.05) is 0 Å². The Kier molecular flexibility index (Phi) is 5.78. The molecule has 2 aromatic carbocycles. The van der Waals surface area contributed by atoms with E-state index in [0.29, 0.717) is 0 Å². The summed E-state index contributed by atoms with van der Waals surface area (Å²) in [5.41, 5.74) is -1.19. The second-order valence-corrected chi connectivity index (χ2v) is 7.45. The average molecular weight is 464 g/mol. The van der Waals surface area contributed by atoms with Crippen molar-refractivity contribution >= 4 is 11.0 Å². The molecule has 3 aromatic rings. The summed E-state index contributed by atoms with van der Waals surface area (Å²) in [4.78, 5) is 13.2. The normalized spacial score (nSPS) is 25.3. The minimum Gasteiger partial charge on any atom is -0.508 e. The first-order valence-corrected chi connectivity index (χ1v) is 9.64. The molecule has 2 heterocycles. The van der Waals surface area contributed by atoms with Crippen LogP contribution in [0.4, 0.5) is 0 Å². The Morgan fingerprint density at radius 3 is 2.27 bits per heavy atom. The molecule has 4 rings (SSSR count). The van der Waals surface area contributed by atoms with Crippen molar-refractivity contribution in [1.29, 1.82) is 0 Å². The summed E-state index contributed by atoms with van der Waals surface area (Å²) < 4.78 is 16.5. The molecule has 8 N–H and O–H groups in total. The fraction of sp³-hybridized carbons (Fsp3) is 0.286.